The highest BCUT2D eigenvalue weighted by atomic mass is 127. The van der Waals surface area contributed by atoms with Gasteiger partial charge in [-0.2, -0.15) is 0 Å². The summed E-state index contributed by atoms with van der Waals surface area (Å²) in [5.41, 5.74) is 5.52. The summed E-state index contributed by atoms with van der Waals surface area (Å²) in [7, 11) is 0. The third-order valence-corrected chi connectivity index (χ3v) is 5.74. The zero-order valence-electron chi connectivity index (χ0n) is 9.39. The average Bonchev–Trinajstić information content (AvgIpc) is 2.22. The van der Waals surface area contributed by atoms with Crippen LogP contribution in [0.2, 0.25) is 0 Å². The van der Waals surface area contributed by atoms with Crippen LogP contribution in [0.3, 0.4) is 0 Å². The normalized spacial score (nSPS) is 11.4. The Kier molecular flexibility index (Phi) is 5.92. The fourth-order valence-electron chi connectivity index (χ4n) is 1.05. The second-order valence-corrected chi connectivity index (χ2v) is 7.59. The van der Waals surface area contributed by atoms with Crippen LogP contribution in [0.1, 0.15) is 24.2 Å². The molecule has 0 atom stereocenters. The Labute approximate surface area is 142 Å². The van der Waals surface area contributed by atoms with Crippen LogP contribution in [0.25, 0.3) is 0 Å². The van der Waals surface area contributed by atoms with E-state index >= 15 is 0 Å². The molecule has 94 valence electrons. The van der Waals surface area contributed by atoms with Crippen molar-refractivity contribution in [1.29, 1.82) is 0 Å². The molecule has 0 radical (unpaired) electrons. The molecule has 0 aliphatic rings. The van der Waals surface area contributed by atoms with Gasteiger partial charge < -0.3 is 10.5 Å². The molecule has 0 amide bonds. The van der Waals surface area contributed by atoms with Gasteiger partial charge in [0.05, 0.1) is 5.56 Å². The van der Waals surface area contributed by atoms with Crippen molar-refractivity contribution in [2.45, 2.75) is 19.4 Å². The van der Waals surface area contributed by atoms with E-state index in [9.17, 15) is 4.79 Å². The van der Waals surface area contributed by atoms with Crippen LogP contribution >= 0.6 is 67.8 Å². The number of carbonyl (C=O) groups excluding carboxylic acids is 1. The second kappa shape index (κ2) is 6.33. The van der Waals surface area contributed by atoms with Crippen molar-refractivity contribution in [3.63, 3.8) is 0 Å². The molecule has 3 nitrogen and oxygen atoms in total. The van der Waals surface area contributed by atoms with Gasteiger partial charge in [0.25, 0.3) is 0 Å². The SMILES string of the molecule is CC(C)(CN)OC(=O)c1cc(I)cc(I)c1I. The monoisotopic (exact) mass is 571 g/mol. The summed E-state index contributed by atoms with van der Waals surface area (Å²) in [6.07, 6.45) is 0. The van der Waals surface area contributed by atoms with Gasteiger partial charge in [-0.25, -0.2) is 4.79 Å². The maximum atomic E-state index is 12.1. The first kappa shape index (κ1) is 15.9. The van der Waals surface area contributed by atoms with Gasteiger partial charge in [0.1, 0.15) is 5.60 Å². The van der Waals surface area contributed by atoms with Crippen LogP contribution in [0.5, 0.6) is 0 Å². The lowest BCUT2D eigenvalue weighted by Gasteiger charge is -2.23. The molecular weight excluding hydrogens is 559 g/mol. The fraction of sp³-hybridized carbons (Fsp3) is 0.364. The third kappa shape index (κ3) is 4.46. The largest absolute Gasteiger partial charge is 0.455 e. The summed E-state index contributed by atoms with van der Waals surface area (Å²) < 4.78 is 8.37. The van der Waals surface area contributed by atoms with Crippen molar-refractivity contribution in [1.82, 2.24) is 0 Å². The summed E-state index contributed by atoms with van der Waals surface area (Å²) in [6.45, 7) is 3.91. The quantitative estimate of drug-likeness (QED) is 0.344. The minimum Gasteiger partial charge on any atom is -0.455 e. The van der Waals surface area contributed by atoms with E-state index in [0.717, 1.165) is 10.7 Å². The van der Waals surface area contributed by atoms with Gasteiger partial charge in [0, 0.05) is 17.3 Å². The predicted molar refractivity (Wildman–Crippen MR) is 93.1 cm³/mol. The van der Waals surface area contributed by atoms with E-state index in [4.69, 9.17) is 10.5 Å². The summed E-state index contributed by atoms with van der Waals surface area (Å²) in [5.74, 6) is -0.318. The molecule has 1 aromatic rings. The van der Waals surface area contributed by atoms with Gasteiger partial charge in [-0.1, -0.05) is 0 Å². The lowest BCUT2D eigenvalue weighted by molar-refractivity contribution is 0.00278. The Hall–Kier alpha value is 0.840. The van der Waals surface area contributed by atoms with E-state index in [-0.39, 0.29) is 5.97 Å². The Morgan fingerprint density at radius 2 is 1.94 bits per heavy atom. The molecule has 0 spiro atoms. The molecule has 0 heterocycles. The smallest absolute Gasteiger partial charge is 0.339 e. The Morgan fingerprint density at radius 3 is 2.47 bits per heavy atom. The van der Waals surface area contributed by atoms with Crippen LogP contribution < -0.4 is 5.73 Å². The number of nitrogens with two attached hydrogens (primary N) is 1. The zero-order valence-corrected chi connectivity index (χ0v) is 15.9. The maximum absolute atomic E-state index is 12.1. The average molecular weight is 571 g/mol. The molecular formula is C11H12I3NO2. The highest BCUT2D eigenvalue weighted by Gasteiger charge is 2.24. The highest BCUT2D eigenvalue weighted by Crippen LogP contribution is 2.24. The molecule has 1 rings (SSSR count). The van der Waals surface area contributed by atoms with E-state index in [1.54, 1.807) is 13.8 Å². The topological polar surface area (TPSA) is 52.3 Å². The Bertz CT molecular complexity index is 447. The number of carbonyl (C=O) groups is 1. The zero-order chi connectivity index (χ0) is 13.2. The van der Waals surface area contributed by atoms with Crippen LogP contribution in [-0.4, -0.2) is 18.1 Å². The van der Waals surface area contributed by atoms with Crippen molar-refractivity contribution in [3.8, 4) is 0 Å². The summed E-state index contributed by atoms with van der Waals surface area (Å²) >= 11 is 6.56. The summed E-state index contributed by atoms with van der Waals surface area (Å²) in [6, 6.07) is 3.85. The number of esters is 1. The molecule has 0 unspecified atom stereocenters. The van der Waals surface area contributed by atoms with E-state index < -0.39 is 5.60 Å². The van der Waals surface area contributed by atoms with Crippen LogP contribution in [-0.2, 0) is 4.74 Å². The Morgan fingerprint density at radius 1 is 1.35 bits per heavy atom. The number of halogens is 3. The molecule has 17 heavy (non-hydrogen) atoms. The predicted octanol–water partition coefficient (Wildman–Crippen LogP) is 3.39. The highest BCUT2D eigenvalue weighted by molar-refractivity contribution is 14.1. The van der Waals surface area contributed by atoms with Gasteiger partial charge in [-0.15, -0.1) is 0 Å². The van der Waals surface area contributed by atoms with Crippen LogP contribution in [0.15, 0.2) is 12.1 Å². The number of hydrogen-bond donors (Lipinski definition) is 1. The second-order valence-electron chi connectivity index (χ2n) is 4.10. The number of benzene rings is 1. The van der Waals surface area contributed by atoms with Crippen molar-refractivity contribution in [2.24, 2.45) is 5.73 Å². The molecule has 0 fully saturated rings. The molecule has 0 saturated carbocycles. The minimum atomic E-state index is -0.632. The van der Waals surface area contributed by atoms with Gasteiger partial charge in [-0.3, -0.25) is 0 Å². The first-order chi connectivity index (χ1) is 7.76. The molecule has 1 aromatic carbocycles. The van der Waals surface area contributed by atoms with Gasteiger partial charge in [-0.05, 0) is 93.8 Å². The van der Waals surface area contributed by atoms with E-state index in [2.05, 4.69) is 67.8 Å². The fourth-order valence-corrected chi connectivity index (χ4v) is 3.43. The number of ether oxygens (including phenoxy) is 1. The van der Waals surface area contributed by atoms with E-state index in [1.807, 2.05) is 12.1 Å². The summed E-state index contributed by atoms with van der Waals surface area (Å²) in [4.78, 5) is 12.1. The van der Waals surface area contributed by atoms with Crippen molar-refractivity contribution in [3.05, 3.63) is 28.4 Å². The molecule has 0 bridgehead atoms. The molecule has 0 saturated heterocycles. The lowest BCUT2D eigenvalue weighted by atomic mass is 10.1. The van der Waals surface area contributed by atoms with Crippen LogP contribution in [0.4, 0.5) is 0 Å². The maximum Gasteiger partial charge on any atom is 0.339 e. The third-order valence-electron chi connectivity index (χ3n) is 2.07. The number of hydrogen-bond acceptors (Lipinski definition) is 3. The molecule has 2 N–H and O–H groups in total. The summed E-state index contributed by atoms with van der Waals surface area (Å²) in [5, 5.41) is 0. The van der Waals surface area contributed by atoms with Crippen molar-refractivity contribution < 1.29 is 9.53 Å². The molecule has 6 heteroatoms. The minimum absolute atomic E-state index is 0.302. The standard InChI is InChI=1S/C11H12I3NO2/c1-11(2,5-15)17-10(16)7-3-6(12)4-8(13)9(7)14/h3-4H,5,15H2,1-2H3. The molecule has 0 aromatic heterocycles. The van der Waals surface area contributed by atoms with Crippen molar-refractivity contribution >= 4 is 73.7 Å². The van der Waals surface area contributed by atoms with Gasteiger partial charge in [0.2, 0.25) is 0 Å². The Balaban J connectivity index is 3.05. The first-order valence-corrected chi connectivity index (χ1v) is 8.08. The van der Waals surface area contributed by atoms with Crippen LogP contribution in [0, 0.1) is 10.7 Å². The van der Waals surface area contributed by atoms with Crippen molar-refractivity contribution in [2.75, 3.05) is 6.54 Å². The lowest BCUT2D eigenvalue weighted by Crippen LogP contribution is -2.36. The first-order valence-electron chi connectivity index (χ1n) is 4.85. The van der Waals surface area contributed by atoms with Gasteiger partial charge in [0.15, 0.2) is 0 Å². The number of rotatable bonds is 3. The van der Waals surface area contributed by atoms with E-state index in [1.165, 1.54) is 0 Å². The molecule has 0 aliphatic carbocycles. The molecule has 0 aliphatic heterocycles. The van der Waals surface area contributed by atoms with Gasteiger partial charge >= 0.3 is 5.97 Å². The van der Waals surface area contributed by atoms with E-state index in [0.29, 0.717) is 12.1 Å².